The van der Waals surface area contributed by atoms with Crippen LogP contribution in [0.2, 0.25) is 0 Å². The molecule has 1 aliphatic carbocycles. The fourth-order valence-corrected chi connectivity index (χ4v) is 4.22. The zero-order chi connectivity index (χ0) is 20.5. The van der Waals surface area contributed by atoms with Gasteiger partial charge in [0, 0.05) is 11.4 Å². The maximum atomic E-state index is 12.9. The number of fused-ring (bicyclic) bond motifs is 2. The molecule has 2 aromatic rings. The lowest BCUT2D eigenvalue weighted by atomic mass is 9.80. The van der Waals surface area contributed by atoms with Crippen LogP contribution in [0.1, 0.15) is 60.6 Å². The number of allylic oxidation sites excluding steroid dienone is 1. The third-order valence-electron chi connectivity index (χ3n) is 5.60. The van der Waals surface area contributed by atoms with Crippen LogP contribution in [-0.4, -0.2) is 17.6 Å². The van der Waals surface area contributed by atoms with Gasteiger partial charge in [-0.25, -0.2) is 9.78 Å². The molecule has 0 saturated heterocycles. The minimum atomic E-state index is -0.453. The van der Waals surface area contributed by atoms with Crippen LogP contribution in [-0.2, 0) is 22.4 Å². The van der Waals surface area contributed by atoms with E-state index in [0.717, 1.165) is 42.5 Å². The van der Waals surface area contributed by atoms with Gasteiger partial charge in [0.05, 0.1) is 35.3 Å². The molecule has 6 nitrogen and oxygen atoms in total. The zero-order valence-corrected chi connectivity index (χ0v) is 16.6. The first-order chi connectivity index (χ1) is 14.0. The number of aryl methyl sites for hydroxylation is 1. The summed E-state index contributed by atoms with van der Waals surface area (Å²) in [5.74, 6) is 0.0448. The standard InChI is InChI=1S/C23H23N3O3/c1-3-28-23(27)18-13(2)29-22-20(19(18)15-10-8-14(12-24)9-11-15)21(25)16-6-4-5-7-17(16)26-22/h8-11,19H,3-7H2,1-2H3,(H2,25,26)/t19-/m0/s1. The number of hydrogen-bond acceptors (Lipinski definition) is 6. The van der Waals surface area contributed by atoms with Gasteiger partial charge < -0.3 is 15.2 Å². The monoisotopic (exact) mass is 389 g/mol. The number of benzene rings is 1. The molecule has 148 valence electrons. The summed E-state index contributed by atoms with van der Waals surface area (Å²) in [6, 6.07) is 9.31. The van der Waals surface area contributed by atoms with Crippen molar-refractivity contribution in [3.63, 3.8) is 0 Å². The number of aromatic nitrogens is 1. The van der Waals surface area contributed by atoms with Crippen molar-refractivity contribution in [3.8, 4) is 11.9 Å². The number of pyridine rings is 1. The molecule has 0 spiro atoms. The van der Waals surface area contributed by atoms with Crippen molar-refractivity contribution in [1.29, 1.82) is 5.26 Å². The third-order valence-corrected chi connectivity index (χ3v) is 5.60. The second-order valence-corrected chi connectivity index (χ2v) is 7.34. The molecule has 29 heavy (non-hydrogen) atoms. The summed E-state index contributed by atoms with van der Waals surface area (Å²) in [4.78, 5) is 17.6. The third kappa shape index (κ3) is 3.23. The van der Waals surface area contributed by atoms with E-state index in [1.807, 2.05) is 12.1 Å². The summed E-state index contributed by atoms with van der Waals surface area (Å²) in [6.07, 6.45) is 3.91. The molecule has 2 aliphatic rings. The van der Waals surface area contributed by atoms with Gasteiger partial charge in [0.2, 0.25) is 5.88 Å². The highest BCUT2D eigenvalue weighted by atomic mass is 16.5. The van der Waals surface area contributed by atoms with Gasteiger partial charge in [-0.3, -0.25) is 0 Å². The van der Waals surface area contributed by atoms with Crippen molar-refractivity contribution in [1.82, 2.24) is 4.98 Å². The quantitative estimate of drug-likeness (QED) is 0.802. The van der Waals surface area contributed by atoms with Gasteiger partial charge >= 0.3 is 5.97 Å². The molecular weight excluding hydrogens is 366 g/mol. The summed E-state index contributed by atoms with van der Waals surface area (Å²) in [7, 11) is 0. The number of rotatable bonds is 3. The summed E-state index contributed by atoms with van der Waals surface area (Å²) < 4.78 is 11.3. The summed E-state index contributed by atoms with van der Waals surface area (Å²) in [6.45, 7) is 3.79. The fraction of sp³-hybridized carbons (Fsp3) is 0.348. The zero-order valence-electron chi connectivity index (χ0n) is 16.6. The number of carbonyl (C=O) groups excluding carboxylic acids is 1. The summed E-state index contributed by atoms with van der Waals surface area (Å²) in [5, 5.41) is 9.14. The molecule has 1 aromatic carbocycles. The Kier molecular flexibility index (Phi) is 4.98. The number of nitrogens with zero attached hydrogens (tertiary/aromatic N) is 2. The molecular formula is C23H23N3O3. The molecule has 2 N–H and O–H groups in total. The summed E-state index contributed by atoms with van der Waals surface area (Å²) >= 11 is 0. The normalized spacial score (nSPS) is 17.6. The van der Waals surface area contributed by atoms with E-state index in [1.54, 1.807) is 26.0 Å². The molecule has 0 amide bonds. The van der Waals surface area contributed by atoms with Gasteiger partial charge in [0.25, 0.3) is 0 Å². The molecule has 0 fully saturated rings. The van der Waals surface area contributed by atoms with E-state index in [4.69, 9.17) is 25.5 Å². The molecule has 0 bridgehead atoms. The second-order valence-electron chi connectivity index (χ2n) is 7.34. The van der Waals surface area contributed by atoms with Crippen LogP contribution < -0.4 is 10.5 Å². The smallest absolute Gasteiger partial charge is 0.338 e. The van der Waals surface area contributed by atoms with Crippen LogP contribution in [0.25, 0.3) is 0 Å². The molecule has 4 rings (SSSR count). The highest BCUT2D eigenvalue weighted by molar-refractivity contribution is 5.93. The van der Waals surface area contributed by atoms with Crippen molar-refractivity contribution in [2.45, 2.75) is 45.4 Å². The molecule has 6 heteroatoms. The number of esters is 1. The summed E-state index contributed by atoms with van der Waals surface area (Å²) in [5.41, 5.74) is 11.9. The van der Waals surface area contributed by atoms with Crippen molar-refractivity contribution in [2.75, 3.05) is 12.3 Å². The molecule has 1 aliphatic heterocycles. The number of carbonyl (C=O) groups is 1. The number of nitrogens with two attached hydrogens (primary N) is 1. The van der Waals surface area contributed by atoms with E-state index in [0.29, 0.717) is 34.0 Å². The van der Waals surface area contributed by atoms with Crippen LogP contribution >= 0.6 is 0 Å². The van der Waals surface area contributed by atoms with E-state index in [-0.39, 0.29) is 6.61 Å². The largest absolute Gasteiger partial charge is 0.463 e. The number of ether oxygens (including phenoxy) is 2. The Balaban J connectivity index is 1.94. The second kappa shape index (κ2) is 7.59. The molecule has 0 unspecified atom stereocenters. The van der Waals surface area contributed by atoms with Gasteiger partial charge in [-0.05, 0) is 62.8 Å². The van der Waals surface area contributed by atoms with Gasteiger partial charge in [-0.15, -0.1) is 0 Å². The fourth-order valence-electron chi connectivity index (χ4n) is 4.22. The Labute approximate surface area is 170 Å². The Morgan fingerprint density at radius 1 is 1.31 bits per heavy atom. The molecule has 0 radical (unpaired) electrons. The predicted octanol–water partition coefficient (Wildman–Crippen LogP) is 3.78. The minimum Gasteiger partial charge on any atom is -0.463 e. The van der Waals surface area contributed by atoms with E-state index < -0.39 is 11.9 Å². The Morgan fingerprint density at radius 3 is 2.72 bits per heavy atom. The van der Waals surface area contributed by atoms with E-state index >= 15 is 0 Å². The number of nitrogen functional groups attached to an aromatic ring is 1. The first-order valence-corrected chi connectivity index (χ1v) is 9.92. The predicted molar refractivity (Wildman–Crippen MR) is 108 cm³/mol. The van der Waals surface area contributed by atoms with Gasteiger partial charge in [0.15, 0.2) is 0 Å². The lowest BCUT2D eigenvalue weighted by Gasteiger charge is -2.31. The highest BCUT2D eigenvalue weighted by Gasteiger charge is 2.38. The van der Waals surface area contributed by atoms with Crippen molar-refractivity contribution in [2.24, 2.45) is 0 Å². The molecule has 1 atom stereocenters. The van der Waals surface area contributed by atoms with Crippen LogP contribution in [0, 0.1) is 11.3 Å². The molecule has 0 saturated carbocycles. The van der Waals surface area contributed by atoms with Crippen molar-refractivity contribution < 1.29 is 14.3 Å². The average Bonchev–Trinajstić information content (AvgIpc) is 2.73. The van der Waals surface area contributed by atoms with Crippen LogP contribution in [0.5, 0.6) is 5.88 Å². The molecule has 1 aromatic heterocycles. The Morgan fingerprint density at radius 2 is 2.03 bits per heavy atom. The topological polar surface area (TPSA) is 98.2 Å². The lowest BCUT2D eigenvalue weighted by molar-refractivity contribution is -0.139. The Bertz CT molecular complexity index is 1050. The maximum absolute atomic E-state index is 12.9. The van der Waals surface area contributed by atoms with Crippen molar-refractivity contribution >= 4 is 11.7 Å². The first kappa shape index (κ1) is 19.0. The average molecular weight is 389 g/mol. The minimum absolute atomic E-state index is 0.264. The SMILES string of the molecule is CCOC(=O)C1=C(C)Oc2nc3c(c(N)c2[C@H]1c1ccc(C#N)cc1)CCCC3. The maximum Gasteiger partial charge on any atom is 0.338 e. The van der Waals surface area contributed by atoms with Gasteiger partial charge in [-0.1, -0.05) is 12.1 Å². The van der Waals surface area contributed by atoms with Crippen molar-refractivity contribution in [3.05, 3.63) is 63.5 Å². The first-order valence-electron chi connectivity index (χ1n) is 9.92. The van der Waals surface area contributed by atoms with E-state index in [1.165, 1.54) is 0 Å². The van der Waals surface area contributed by atoms with Gasteiger partial charge in [0.1, 0.15) is 5.76 Å². The number of anilines is 1. The van der Waals surface area contributed by atoms with E-state index in [9.17, 15) is 4.79 Å². The molecule has 2 heterocycles. The van der Waals surface area contributed by atoms with Crippen LogP contribution in [0.3, 0.4) is 0 Å². The van der Waals surface area contributed by atoms with Crippen LogP contribution in [0.4, 0.5) is 5.69 Å². The number of nitriles is 1. The number of hydrogen-bond donors (Lipinski definition) is 1. The van der Waals surface area contributed by atoms with E-state index in [2.05, 4.69) is 6.07 Å². The van der Waals surface area contributed by atoms with Crippen LogP contribution in [0.15, 0.2) is 35.6 Å². The Hall–Kier alpha value is -3.33. The highest BCUT2D eigenvalue weighted by Crippen LogP contribution is 2.47. The van der Waals surface area contributed by atoms with Gasteiger partial charge in [-0.2, -0.15) is 5.26 Å². The lowest BCUT2D eigenvalue weighted by Crippen LogP contribution is -2.26.